The van der Waals surface area contributed by atoms with Crippen LogP contribution in [0.4, 0.5) is 13.2 Å². The van der Waals surface area contributed by atoms with Gasteiger partial charge in [-0.3, -0.25) is 9.59 Å². The van der Waals surface area contributed by atoms with E-state index in [0.29, 0.717) is 4.57 Å². The van der Waals surface area contributed by atoms with Crippen molar-refractivity contribution in [2.75, 3.05) is 0 Å². The summed E-state index contributed by atoms with van der Waals surface area (Å²) in [6, 6.07) is 0. The van der Waals surface area contributed by atoms with Gasteiger partial charge in [-0.2, -0.15) is 13.2 Å². The van der Waals surface area contributed by atoms with E-state index in [0.717, 1.165) is 12.4 Å². The summed E-state index contributed by atoms with van der Waals surface area (Å²) in [4.78, 5) is 23.3. The van der Waals surface area contributed by atoms with Gasteiger partial charge < -0.3 is 9.55 Å². The minimum Gasteiger partial charge on any atom is -0.323 e. The monoisotopic (exact) mass is 194 g/mol. The lowest BCUT2D eigenvalue weighted by atomic mass is 10.5. The molecule has 0 amide bonds. The smallest absolute Gasteiger partial charge is 0.323 e. The minimum absolute atomic E-state index is 0.304. The molecule has 0 aliphatic carbocycles. The Bertz CT molecular complexity index is 403. The molecule has 0 unspecified atom stereocenters. The molecule has 1 aromatic heterocycles. The molecule has 1 N–H and O–H groups in total. The summed E-state index contributed by atoms with van der Waals surface area (Å²) >= 11 is 0. The Labute approximate surface area is 69.6 Å². The molecule has 72 valence electrons. The molecule has 0 aromatic carbocycles. The van der Waals surface area contributed by atoms with Gasteiger partial charge >= 0.3 is 17.3 Å². The van der Waals surface area contributed by atoms with Gasteiger partial charge in [0, 0.05) is 12.4 Å². The highest BCUT2D eigenvalue weighted by atomic mass is 19.4. The van der Waals surface area contributed by atoms with Gasteiger partial charge in [0.2, 0.25) is 0 Å². The summed E-state index contributed by atoms with van der Waals surface area (Å²) in [5, 5.41) is 0. The Hall–Kier alpha value is -1.53. The maximum atomic E-state index is 11.8. The highest BCUT2D eigenvalue weighted by Gasteiger charge is 2.28. The number of aromatic nitrogens is 2. The molecule has 0 atom stereocenters. The van der Waals surface area contributed by atoms with Crippen LogP contribution in [0.5, 0.6) is 0 Å². The summed E-state index contributed by atoms with van der Waals surface area (Å²) in [6.07, 6.45) is -2.65. The van der Waals surface area contributed by atoms with Crippen LogP contribution >= 0.6 is 0 Å². The van der Waals surface area contributed by atoms with Gasteiger partial charge in [-0.05, 0) is 0 Å². The minimum atomic E-state index is -4.50. The van der Waals surface area contributed by atoms with Gasteiger partial charge in [-0.1, -0.05) is 0 Å². The molecule has 1 aromatic rings. The van der Waals surface area contributed by atoms with Crippen molar-refractivity contribution in [3.63, 3.8) is 0 Å². The first kappa shape index (κ1) is 9.56. The van der Waals surface area contributed by atoms with Crippen LogP contribution in [0.1, 0.15) is 0 Å². The maximum Gasteiger partial charge on any atom is 0.406 e. The number of rotatable bonds is 1. The number of aromatic amines is 1. The molecular weight excluding hydrogens is 189 g/mol. The Morgan fingerprint density at radius 3 is 2.54 bits per heavy atom. The van der Waals surface area contributed by atoms with Crippen molar-refractivity contribution in [1.29, 1.82) is 0 Å². The average Bonchev–Trinajstić information content (AvgIpc) is 1.96. The quantitative estimate of drug-likeness (QED) is 0.644. The third kappa shape index (κ3) is 2.46. The van der Waals surface area contributed by atoms with E-state index < -0.39 is 23.8 Å². The van der Waals surface area contributed by atoms with Crippen molar-refractivity contribution >= 4 is 0 Å². The number of hydrogen-bond acceptors (Lipinski definition) is 2. The van der Waals surface area contributed by atoms with E-state index in [-0.39, 0.29) is 0 Å². The van der Waals surface area contributed by atoms with Crippen LogP contribution in [0.2, 0.25) is 0 Å². The molecule has 0 bridgehead atoms. The zero-order valence-corrected chi connectivity index (χ0v) is 6.26. The Balaban J connectivity index is 3.11. The lowest BCUT2D eigenvalue weighted by molar-refractivity contribution is -0.141. The SMILES string of the molecule is O=c1[nH]ccn(CC(F)(F)F)c1=O. The molecule has 0 spiro atoms. The first-order valence-corrected chi connectivity index (χ1v) is 3.25. The largest absolute Gasteiger partial charge is 0.406 e. The lowest BCUT2D eigenvalue weighted by Crippen LogP contribution is -2.38. The molecule has 1 heterocycles. The zero-order valence-electron chi connectivity index (χ0n) is 6.26. The van der Waals surface area contributed by atoms with Crippen LogP contribution in [0.3, 0.4) is 0 Å². The molecule has 13 heavy (non-hydrogen) atoms. The van der Waals surface area contributed by atoms with Gasteiger partial charge in [0.25, 0.3) is 0 Å². The molecule has 0 fully saturated rings. The summed E-state index contributed by atoms with van der Waals surface area (Å²) < 4.78 is 35.6. The Morgan fingerprint density at radius 2 is 2.00 bits per heavy atom. The van der Waals surface area contributed by atoms with Crippen molar-refractivity contribution in [2.24, 2.45) is 0 Å². The third-order valence-corrected chi connectivity index (χ3v) is 1.27. The van der Waals surface area contributed by atoms with Gasteiger partial charge in [0.15, 0.2) is 0 Å². The van der Waals surface area contributed by atoms with Crippen molar-refractivity contribution in [3.8, 4) is 0 Å². The second-order valence-corrected chi connectivity index (χ2v) is 2.34. The highest BCUT2D eigenvalue weighted by molar-refractivity contribution is 4.82. The van der Waals surface area contributed by atoms with E-state index in [2.05, 4.69) is 0 Å². The van der Waals surface area contributed by atoms with Gasteiger partial charge in [0.05, 0.1) is 0 Å². The van der Waals surface area contributed by atoms with E-state index in [4.69, 9.17) is 0 Å². The number of alkyl halides is 3. The molecule has 1 rings (SSSR count). The van der Waals surface area contributed by atoms with E-state index in [1.54, 1.807) is 0 Å². The first-order chi connectivity index (χ1) is 5.90. The van der Waals surface area contributed by atoms with Crippen molar-refractivity contribution in [2.45, 2.75) is 12.7 Å². The summed E-state index contributed by atoms with van der Waals surface area (Å²) in [5.74, 6) is 0. The lowest BCUT2D eigenvalue weighted by Gasteiger charge is -2.07. The van der Waals surface area contributed by atoms with Crippen LogP contribution in [0.25, 0.3) is 0 Å². The summed E-state index contributed by atoms with van der Waals surface area (Å²) in [6.45, 7) is -1.45. The number of nitrogens with zero attached hydrogens (tertiary/aromatic N) is 1. The fourth-order valence-corrected chi connectivity index (χ4v) is 0.780. The molecule has 0 aliphatic rings. The van der Waals surface area contributed by atoms with Crippen LogP contribution in [-0.2, 0) is 6.54 Å². The van der Waals surface area contributed by atoms with Crippen molar-refractivity contribution < 1.29 is 13.2 Å². The Morgan fingerprint density at radius 1 is 1.38 bits per heavy atom. The van der Waals surface area contributed by atoms with Crippen LogP contribution in [-0.4, -0.2) is 15.7 Å². The fraction of sp³-hybridized carbons (Fsp3) is 0.333. The second kappa shape index (κ2) is 3.08. The summed E-state index contributed by atoms with van der Waals surface area (Å²) in [7, 11) is 0. The molecular formula is C6H5F3N2O2. The van der Waals surface area contributed by atoms with E-state index >= 15 is 0 Å². The number of halogens is 3. The van der Waals surface area contributed by atoms with Gasteiger partial charge in [-0.15, -0.1) is 0 Å². The van der Waals surface area contributed by atoms with Crippen LogP contribution in [0, 0.1) is 0 Å². The number of H-pyrrole nitrogens is 1. The maximum absolute atomic E-state index is 11.8. The topological polar surface area (TPSA) is 54.9 Å². The molecule has 4 nitrogen and oxygen atoms in total. The molecule has 0 saturated carbocycles. The fourth-order valence-electron chi connectivity index (χ4n) is 0.780. The van der Waals surface area contributed by atoms with E-state index in [1.807, 2.05) is 4.98 Å². The van der Waals surface area contributed by atoms with Crippen molar-refractivity contribution in [1.82, 2.24) is 9.55 Å². The Kier molecular flexibility index (Phi) is 2.26. The third-order valence-electron chi connectivity index (χ3n) is 1.27. The normalized spacial score (nSPS) is 11.6. The first-order valence-electron chi connectivity index (χ1n) is 3.25. The van der Waals surface area contributed by atoms with E-state index in [9.17, 15) is 22.8 Å². The number of hydrogen-bond donors (Lipinski definition) is 1. The zero-order chi connectivity index (χ0) is 10.1. The highest BCUT2D eigenvalue weighted by Crippen LogP contribution is 2.15. The standard InChI is InChI=1S/C6H5F3N2O2/c7-6(8,9)3-11-2-1-10-4(12)5(11)13/h1-2H,3H2,(H,10,12). The van der Waals surface area contributed by atoms with Crippen molar-refractivity contribution in [3.05, 3.63) is 33.1 Å². The summed E-state index contributed by atoms with van der Waals surface area (Å²) in [5.41, 5.74) is -2.27. The van der Waals surface area contributed by atoms with Gasteiger partial charge in [0.1, 0.15) is 6.54 Å². The molecule has 0 radical (unpaired) electrons. The van der Waals surface area contributed by atoms with E-state index in [1.165, 1.54) is 0 Å². The van der Waals surface area contributed by atoms with Crippen LogP contribution in [0.15, 0.2) is 22.0 Å². The predicted molar refractivity (Wildman–Crippen MR) is 37.4 cm³/mol. The molecule has 7 heteroatoms. The predicted octanol–water partition coefficient (Wildman–Crippen LogP) is 0.0989. The van der Waals surface area contributed by atoms with Crippen LogP contribution < -0.4 is 11.1 Å². The van der Waals surface area contributed by atoms with Gasteiger partial charge in [-0.25, -0.2) is 0 Å². The second-order valence-electron chi connectivity index (χ2n) is 2.34. The molecule has 0 aliphatic heterocycles. The molecule has 0 saturated heterocycles. The average molecular weight is 194 g/mol. The number of nitrogens with one attached hydrogen (secondary N) is 1.